The maximum atomic E-state index is 12.0. The van der Waals surface area contributed by atoms with E-state index < -0.39 is 0 Å². The van der Waals surface area contributed by atoms with E-state index in [1.165, 1.54) is 10.9 Å². The Morgan fingerprint density at radius 2 is 1.73 bits per heavy atom. The third-order valence-electron chi connectivity index (χ3n) is 4.43. The van der Waals surface area contributed by atoms with Crippen LogP contribution >= 0.6 is 0 Å². The first-order valence-corrected chi connectivity index (χ1v) is 8.51. The van der Waals surface area contributed by atoms with Crippen LogP contribution in [0.2, 0.25) is 0 Å². The van der Waals surface area contributed by atoms with Crippen LogP contribution < -0.4 is 0 Å². The Morgan fingerprint density at radius 1 is 1.00 bits per heavy atom. The number of aryl methyl sites for hydroxylation is 1. The molecule has 3 N–H and O–H groups in total. The molecule has 0 radical (unpaired) electrons. The molecule has 6 nitrogen and oxygen atoms in total. The Bertz CT molecular complexity index is 1110. The molecule has 2 heterocycles. The van der Waals surface area contributed by atoms with Crippen LogP contribution in [0.1, 0.15) is 18.4 Å². The van der Waals surface area contributed by atoms with Gasteiger partial charge in [-0.2, -0.15) is 0 Å². The van der Waals surface area contributed by atoms with Gasteiger partial charge in [-0.25, -0.2) is 0 Å². The van der Waals surface area contributed by atoms with Crippen molar-refractivity contribution in [3.8, 4) is 5.88 Å². The van der Waals surface area contributed by atoms with Crippen LogP contribution in [0.5, 0.6) is 5.88 Å². The predicted molar refractivity (Wildman–Crippen MR) is 101 cm³/mol. The fraction of sp³-hybridized carbons (Fsp3) is 0.150. The number of carbonyl (C=O) groups excluding carboxylic acids is 1. The van der Waals surface area contributed by atoms with Crippen molar-refractivity contribution in [3.63, 3.8) is 0 Å². The Labute approximate surface area is 149 Å². The van der Waals surface area contributed by atoms with Gasteiger partial charge in [0.25, 0.3) is 5.91 Å². The summed E-state index contributed by atoms with van der Waals surface area (Å²) >= 11 is 0. The fourth-order valence-electron chi connectivity index (χ4n) is 3.14. The second-order valence-corrected chi connectivity index (χ2v) is 6.17. The number of aromatic amines is 2. The summed E-state index contributed by atoms with van der Waals surface area (Å²) in [5.74, 6) is -0.379. The molecule has 0 fully saturated rings. The monoisotopic (exact) mass is 346 g/mol. The van der Waals surface area contributed by atoms with Gasteiger partial charge >= 0.3 is 0 Å². The molecule has 0 saturated heterocycles. The summed E-state index contributed by atoms with van der Waals surface area (Å²) in [6.07, 6.45) is 3.79. The number of aromatic hydroxyl groups is 1. The molecule has 0 atom stereocenters. The largest absolute Gasteiger partial charge is 0.493 e. The molecule has 2 aromatic heterocycles. The number of azo groups is 1. The van der Waals surface area contributed by atoms with Gasteiger partial charge in [0, 0.05) is 28.9 Å². The number of hydrogen-bond donors (Lipinski definition) is 3. The molecular weight excluding hydrogens is 328 g/mol. The molecule has 1 amide bonds. The number of fused-ring (bicyclic) bond motifs is 2. The highest BCUT2D eigenvalue weighted by Crippen LogP contribution is 2.35. The van der Waals surface area contributed by atoms with Gasteiger partial charge in [-0.3, -0.25) is 4.79 Å². The van der Waals surface area contributed by atoms with Gasteiger partial charge in [0.15, 0.2) is 5.69 Å². The summed E-state index contributed by atoms with van der Waals surface area (Å²) in [6, 6.07) is 15.5. The van der Waals surface area contributed by atoms with E-state index in [-0.39, 0.29) is 11.8 Å². The molecule has 2 aromatic carbocycles. The summed E-state index contributed by atoms with van der Waals surface area (Å²) in [5.41, 5.74) is 3.35. The molecule has 0 saturated carbocycles. The Balaban J connectivity index is 1.39. The predicted octanol–water partition coefficient (Wildman–Crippen LogP) is 4.99. The number of hydrogen-bond acceptors (Lipinski definition) is 3. The average molecular weight is 346 g/mol. The van der Waals surface area contributed by atoms with E-state index in [2.05, 4.69) is 26.3 Å². The number of H-pyrrole nitrogens is 2. The smallest absolute Gasteiger partial charge is 0.264 e. The van der Waals surface area contributed by atoms with Gasteiger partial charge < -0.3 is 15.1 Å². The molecule has 0 bridgehead atoms. The quantitative estimate of drug-likeness (QED) is 0.444. The standard InChI is InChI=1S/C20H18N4O2/c25-18(11-5-6-13-12-21-16-9-3-1-7-14(13)16)23-24-19-15-8-2-4-10-17(15)22-20(19)26/h1-4,7-10,12,21-22,26H,5-6,11H2. The van der Waals surface area contributed by atoms with E-state index in [0.717, 1.165) is 22.8 Å². The third kappa shape index (κ3) is 3.09. The Kier molecular flexibility index (Phi) is 4.23. The highest BCUT2D eigenvalue weighted by atomic mass is 16.3. The maximum absolute atomic E-state index is 12.0. The lowest BCUT2D eigenvalue weighted by Crippen LogP contribution is -1.93. The van der Waals surface area contributed by atoms with Gasteiger partial charge in [-0.05, 0) is 30.5 Å². The fourth-order valence-corrected chi connectivity index (χ4v) is 3.14. The zero-order valence-electron chi connectivity index (χ0n) is 14.1. The summed E-state index contributed by atoms with van der Waals surface area (Å²) in [6.45, 7) is 0. The zero-order valence-corrected chi connectivity index (χ0v) is 14.1. The van der Waals surface area contributed by atoms with E-state index in [4.69, 9.17) is 0 Å². The van der Waals surface area contributed by atoms with Crippen LogP contribution in [0.3, 0.4) is 0 Å². The second-order valence-electron chi connectivity index (χ2n) is 6.17. The van der Waals surface area contributed by atoms with Gasteiger partial charge in [-0.1, -0.05) is 36.4 Å². The number of benzene rings is 2. The Morgan fingerprint density at radius 3 is 2.58 bits per heavy atom. The minimum Gasteiger partial charge on any atom is -0.493 e. The second kappa shape index (κ2) is 6.84. The number of nitrogens with one attached hydrogen (secondary N) is 2. The average Bonchev–Trinajstić information content (AvgIpc) is 3.20. The SMILES string of the molecule is O=C(CCCc1c[nH]c2ccccc12)N=Nc1c(O)[nH]c2ccccc12. The van der Waals surface area contributed by atoms with Gasteiger partial charge in [0.1, 0.15) is 0 Å². The molecule has 130 valence electrons. The van der Waals surface area contributed by atoms with Gasteiger partial charge in [0.05, 0.1) is 5.52 Å². The van der Waals surface area contributed by atoms with Crippen molar-refractivity contribution in [2.75, 3.05) is 0 Å². The topological polar surface area (TPSA) is 93.6 Å². The van der Waals surface area contributed by atoms with Crippen molar-refractivity contribution in [3.05, 3.63) is 60.3 Å². The van der Waals surface area contributed by atoms with E-state index in [1.54, 1.807) is 0 Å². The first kappa shape index (κ1) is 16.1. The minimum atomic E-state index is -0.297. The van der Waals surface area contributed by atoms with Gasteiger partial charge in [-0.15, -0.1) is 10.2 Å². The molecule has 26 heavy (non-hydrogen) atoms. The van der Waals surface area contributed by atoms with E-state index in [0.29, 0.717) is 18.5 Å². The molecule has 0 aliphatic carbocycles. The number of nitrogens with zero attached hydrogens (tertiary/aromatic N) is 2. The summed E-state index contributed by atoms with van der Waals surface area (Å²) < 4.78 is 0. The molecule has 0 spiro atoms. The summed E-state index contributed by atoms with van der Waals surface area (Å²) in [7, 11) is 0. The molecule has 0 aliphatic rings. The third-order valence-corrected chi connectivity index (χ3v) is 4.43. The number of para-hydroxylation sites is 2. The first-order valence-electron chi connectivity index (χ1n) is 8.51. The van der Waals surface area contributed by atoms with Gasteiger partial charge in [0.2, 0.25) is 5.88 Å². The molecule has 0 unspecified atom stereocenters. The van der Waals surface area contributed by atoms with E-state index in [1.807, 2.05) is 48.7 Å². The molecule has 4 aromatic rings. The number of carbonyl (C=O) groups is 1. The first-order chi connectivity index (χ1) is 12.7. The van der Waals surface area contributed by atoms with Crippen molar-refractivity contribution in [2.24, 2.45) is 10.2 Å². The van der Waals surface area contributed by atoms with Crippen molar-refractivity contribution < 1.29 is 9.90 Å². The number of rotatable bonds is 5. The Hall–Kier alpha value is -3.41. The summed E-state index contributed by atoms with van der Waals surface area (Å²) in [4.78, 5) is 18.1. The van der Waals surface area contributed by atoms with Crippen LogP contribution in [0, 0.1) is 0 Å². The van der Waals surface area contributed by atoms with Crippen LogP contribution in [0.4, 0.5) is 5.69 Å². The minimum absolute atomic E-state index is 0.0819. The highest BCUT2D eigenvalue weighted by molar-refractivity contribution is 5.94. The number of amides is 1. The summed E-state index contributed by atoms with van der Waals surface area (Å²) in [5, 5.41) is 19.6. The normalized spacial score (nSPS) is 11.7. The van der Waals surface area contributed by atoms with Crippen LogP contribution in [0.25, 0.3) is 21.8 Å². The van der Waals surface area contributed by atoms with Crippen molar-refractivity contribution >= 4 is 33.4 Å². The molecule has 0 aliphatic heterocycles. The lowest BCUT2D eigenvalue weighted by molar-refractivity contribution is -0.118. The van der Waals surface area contributed by atoms with Crippen molar-refractivity contribution in [2.45, 2.75) is 19.3 Å². The van der Waals surface area contributed by atoms with E-state index >= 15 is 0 Å². The number of aromatic nitrogens is 2. The zero-order chi connectivity index (χ0) is 17.9. The molecular formula is C20H18N4O2. The maximum Gasteiger partial charge on any atom is 0.264 e. The highest BCUT2D eigenvalue weighted by Gasteiger charge is 2.10. The lowest BCUT2D eigenvalue weighted by Gasteiger charge is -1.98. The van der Waals surface area contributed by atoms with Crippen LogP contribution in [-0.4, -0.2) is 21.0 Å². The molecule has 4 rings (SSSR count). The van der Waals surface area contributed by atoms with Crippen molar-refractivity contribution in [1.82, 2.24) is 9.97 Å². The van der Waals surface area contributed by atoms with Crippen molar-refractivity contribution in [1.29, 1.82) is 0 Å². The molecule has 6 heteroatoms. The van der Waals surface area contributed by atoms with Crippen LogP contribution in [0.15, 0.2) is 65.0 Å². The van der Waals surface area contributed by atoms with E-state index in [9.17, 15) is 9.90 Å². The van der Waals surface area contributed by atoms with Crippen LogP contribution in [-0.2, 0) is 11.2 Å². The lowest BCUT2D eigenvalue weighted by atomic mass is 10.1.